The van der Waals surface area contributed by atoms with Gasteiger partial charge < -0.3 is 9.84 Å². The van der Waals surface area contributed by atoms with Crippen LogP contribution in [0, 0.1) is 39.9 Å². The monoisotopic (exact) mass is 395 g/mol. The van der Waals surface area contributed by atoms with E-state index in [2.05, 4.69) is 19.7 Å². The number of nitrogens with zero attached hydrogens (tertiary/aromatic N) is 1. The molecule has 5 aliphatic carbocycles. The molecule has 5 saturated carbocycles. The minimum atomic E-state index is -0.604. The van der Waals surface area contributed by atoms with Crippen LogP contribution in [0.3, 0.4) is 0 Å². The predicted octanol–water partition coefficient (Wildman–Crippen LogP) is 4.09. The van der Waals surface area contributed by atoms with Gasteiger partial charge in [-0.15, -0.1) is 0 Å². The van der Waals surface area contributed by atoms with Crippen molar-refractivity contribution < 1.29 is 14.6 Å². The number of esters is 1. The first-order chi connectivity index (χ1) is 13.8. The highest BCUT2D eigenvalue weighted by molar-refractivity contribution is 5.87. The van der Waals surface area contributed by atoms with Crippen molar-refractivity contribution in [2.75, 3.05) is 0 Å². The van der Waals surface area contributed by atoms with E-state index in [9.17, 15) is 9.90 Å². The first kappa shape index (κ1) is 18.4. The summed E-state index contributed by atoms with van der Waals surface area (Å²) in [5.41, 5.74) is 2.15. The Kier molecular flexibility index (Phi) is 3.44. The summed E-state index contributed by atoms with van der Waals surface area (Å²) in [6.07, 6.45) is 10.0. The lowest BCUT2D eigenvalue weighted by Crippen LogP contribution is -2.62. The van der Waals surface area contributed by atoms with Crippen LogP contribution in [-0.4, -0.2) is 35.5 Å². The third kappa shape index (κ3) is 1.83. The molecule has 0 aromatic carbocycles. The van der Waals surface area contributed by atoms with Crippen LogP contribution in [0.25, 0.3) is 0 Å². The largest absolute Gasteiger partial charge is 0.456 e. The Bertz CT molecular complexity index is 875. The van der Waals surface area contributed by atoms with Gasteiger partial charge in [-0.05, 0) is 63.2 Å². The molecule has 156 valence electrons. The van der Waals surface area contributed by atoms with E-state index >= 15 is 0 Å². The number of ether oxygens (including phenoxy) is 1. The Labute approximate surface area is 173 Å². The summed E-state index contributed by atoms with van der Waals surface area (Å²) in [7, 11) is 0. The molecule has 1 heterocycles. The number of hydrogen-bond donors (Lipinski definition) is 1. The number of hydrogen-bond acceptors (Lipinski definition) is 4. The van der Waals surface area contributed by atoms with Crippen molar-refractivity contribution >= 4 is 12.2 Å². The molecule has 0 unspecified atom stereocenters. The summed E-state index contributed by atoms with van der Waals surface area (Å²) in [4.78, 5) is 17.9. The molecule has 4 nitrogen and oxygen atoms in total. The number of carbonyl (C=O) groups is 1. The molecular weight excluding hydrogens is 362 g/mol. The number of allylic oxidation sites excluding steroid dienone is 1. The molecule has 1 aliphatic heterocycles. The SMILES string of the molecule is C=C1C[C@@]23CC[C@@H]4[C@@]56CCC[C@]4(C)C=N[C@H]5[C@@H]2[C@@H]1[C@H](OC(=O)/C(C)=C/C)[C@@H](O)[C@@H]36. The molecule has 0 aromatic rings. The summed E-state index contributed by atoms with van der Waals surface area (Å²) in [5, 5.41) is 11.8. The fraction of sp³-hybridized carbons (Fsp3) is 0.760. The molecular formula is C25H33NO3. The van der Waals surface area contributed by atoms with Crippen LogP contribution in [-0.2, 0) is 9.53 Å². The van der Waals surface area contributed by atoms with E-state index in [4.69, 9.17) is 9.73 Å². The zero-order chi connectivity index (χ0) is 20.3. The van der Waals surface area contributed by atoms with Crippen molar-refractivity contribution in [2.45, 2.75) is 77.5 Å². The average Bonchev–Trinajstić information content (AvgIpc) is 2.95. The molecule has 4 heteroatoms. The summed E-state index contributed by atoms with van der Waals surface area (Å²) in [6, 6.07) is 0.263. The van der Waals surface area contributed by atoms with Crippen molar-refractivity contribution in [3.05, 3.63) is 23.8 Å². The Balaban J connectivity index is 1.51. The number of aliphatic hydroxyl groups is 1. The number of aliphatic hydroxyl groups excluding tert-OH is 1. The van der Waals surface area contributed by atoms with Gasteiger partial charge in [0.05, 0.1) is 12.1 Å². The van der Waals surface area contributed by atoms with Gasteiger partial charge in [0, 0.05) is 34.5 Å². The Hall–Kier alpha value is -1.42. The van der Waals surface area contributed by atoms with Gasteiger partial charge in [0.2, 0.25) is 0 Å². The number of carbonyl (C=O) groups excluding carboxylic acids is 1. The maximum Gasteiger partial charge on any atom is 0.333 e. The molecule has 5 fully saturated rings. The molecule has 0 aromatic heterocycles. The second-order valence-corrected chi connectivity index (χ2v) is 11.2. The highest BCUT2D eigenvalue weighted by Gasteiger charge is 2.83. The van der Waals surface area contributed by atoms with Gasteiger partial charge in [-0.2, -0.15) is 0 Å². The maximum absolute atomic E-state index is 12.7. The van der Waals surface area contributed by atoms with E-state index in [0.29, 0.717) is 17.4 Å². The van der Waals surface area contributed by atoms with Crippen molar-refractivity contribution in [1.82, 2.24) is 0 Å². The van der Waals surface area contributed by atoms with E-state index in [-0.39, 0.29) is 40.1 Å². The van der Waals surface area contributed by atoms with Crippen LogP contribution in [0.5, 0.6) is 0 Å². The third-order valence-corrected chi connectivity index (χ3v) is 10.4. The molecule has 10 atom stereocenters. The van der Waals surface area contributed by atoms with Gasteiger partial charge >= 0.3 is 5.97 Å². The minimum Gasteiger partial charge on any atom is -0.456 e. The summed E-state index contributed by atoms with van der Waals surface area (Å²) < 4.78 is 6.04. The summed E-state index contributed by atoms with van der Waals surface area (Å²) in [5.74, 6) is 0.898. The quantitative estimate of drug-likeness (QED) is 0.435. The van der Waals surface area contributed by atoms with Crippen molar-refractivity contribution in [1.29, 1.82) is 0 Å². The van der Waals surface area contributed by atoms with Crippen molar-refractivity contribution in [2.24, 2.45) is 44.9 Å². The molecule has 0 saturated heterocycles. The molecule has 29 heavy (non-hydrogen) atoms. The van der Waals surface area contributed by atoms with Gasteiger partial charge in [0.25, 0.3) is 0 Å². The summed E-state index contributed by atoms with van der Waals surface area (Å²) in [6.45, 7) is 10.5. The highest BCUT2D eigenvalue weighted by atomic mass is 16.6. The lowest BCUT2D eigenvalue weighted by molar-refractivity contribution is -0.193. The fourth-order valence-electron chi connectivity index (χ4n) is 9.65. The predicted molar refractivity (Wildman–Crippen MR) is 111 cm³/mol. The van der Waals surface area contributed by atoms with Gasteiger partial charge in [-0.25, -0.2) is 4.79 Å². The van der Waals surface area contributed by atoms with E-state index in [1.165, 1.54) is 37.7 Å². The zero-order valence-electron chi connectivity index (χ0n) is 17.9. The first-order valence-corrected chi connectivity index (χ1v) is 11.5. The minimum absolute atomic E-state index is 0.0430. The van der Waals surface area contributed by atoms with Gasteiger partial charge in [0.1, 0.15) is 6.10 Å². The van der Waals surface area contributed by atoms with Crippen LogP contribution < -0.4 is 0 Å². The highest BCUT2D eigenvalue weighted by Crippen LogP contribution is 2.82. The van der Waals surface area contributed by atoms with Gasteiger partial charge in [-0.3, -0.25) is 4.99 Å². The van der Waals surface area contributed by atoms with Crippen LogP contribution >= 0.6 is 0 Å². The standard InChI is InChI=1S/C25H33NO3/c1-5-13(2)22(28)29-19-16-14(3)11-24-10-7-15-23(4)8-6-9-25(15,20(24)18(19)27)21(17(16)24)26-12-23/h5,12,15-21,27H,3,6-11H2,1-2,4H3/b13-5+/t15-,16+,17-,18+,19-,20-,21-,23+,24-,25+/m0/s1. The van der Waals surface area contributed by atoms with Gasteiger partial charge in [-0.1, -0.05) is 31.6 Å². The number of aliphatic imine (C=N–C) groups is 1. The third-order valence-electron chi connectivity index (χ3n) is 10.4. The molecule has 0 amide bonds. The van der Waals surface area contributed by atoms with E-state index in [1.807, 2.05) is 6.92 Å². The summed E-state index contributed by atoms with van der Waals surface area (Å²) >= 11 is 0. The van der Waals surface area contributed by atoms with Crippen molar-refractivity contribution in [3.63, 3.8) is 0 Å². The molecule has 6 aliphatic rings. The molecule has 6 rings (SSSR count). The fourth-order valence-corrected chi connectivity index (χ4v) is 9.65. The maximum atomic E-state index is 12.7. The first-order valence-electron chi connectivity index (χ1n) is 11.5. The number of rotatable bonds is 2. The topological polar surface area (TPSA) is 58.9 Å². The Morgan fingerprint density at radius 1 is 1.38 bits per heavy atom. The smallest absolute Gasteiger partial charge is 0.333 e. The Morgan fingerprint density at radius 2 is 2.17 bits per heavy atom. The normalized spacial score (nSPS) is 56.5. The van der Waals surface area contributed by atoms with Crippen LogP contribution in [0.4, 0.5) is 0 Å². The molecule has 2 spiro atoms. The molecule has 1 N–H and O–H groups in total. The molecule has 0 radical (unpaired) electrons. The van der Waals surface area contributed by atoms with Gasteiger partial charge in [0.15, 0.2) is 0 Å². The van der Waals surface area contributed by atoms with E-state index in [0.717, 1.165) is 6.42 Å². The van der Waals surface area contributed by atoms with Crippen LogP contribution in [0.2, 0.25) is 0 Å². The van der Waals surface area contributed by atoms with E-state index < -0.39 is 12.2 Å². The molecule has 6 bridgehead atoms. The van der Waals surface area contributed by atoms with E-state index in [1.54, 1.807) is 13.0 Å². The zero-order valence-corrected chi connectivity index (χ0v) is 17.9. The average molecular weight is 396 g/mol. The second kappa shape index (κ2) is 5.43. The second-order valence-electron chi connectivity index (χ2n) is 11.2. The lowest BCUT2D eigenvalue weighted by Gasteiger charge is -2.62. The van der Waals surface area contributed by atoms with Crippen LogP contribution in [0.15, 0.2) is 28.8 Å². The van der Waals surface area contributed by atoms with Crippen LogP contribution in [0.1, 0.15) is 59.3 Å². The van der Waals surface area contributed by atoms with Crippen molar-refractivity contribution in [3.8, 4) is 0 Å². The lowest BCUT2D eigenvalue weighted by atomic mass is 9.43. The Morgan fingerprint density at radius 3 is 2.93 bits per heavy atom.